The number of aromatic carboxylic acids is 1. The number of carboxylic acid groups (broad SMARTS) is 1. The van der Waals surface area contributed by atoms with Crippen molar-refractivity contribution in [2.45, 2.75) is 6.82 Å². The smallest absolute Gasteiger partial charge is 0.545 e. The molecule has 1 aliphatic rings. The third-order valence-corrected chi connectivity index (χ3v) is 9.48. The van der Waals surface area contributed by atoms with Crippen LogP contribution in [0, 0.1) is 0 Å². The molecule has 276 valence electrons. The number of hydrogen-bond acceptors (Lipinski definition) is 11. The van der Waals surface area contributed by atoms with Gasteiger partial charge in [0.2, 0.25) is 0 Å². The molecule has 16 heteroatoms. The Kier molecular flexibility index (Phi) is 11.6. The zero-order valence-corrected chi connectivity index (χ0v) is 31.3. The monoisotopic (exact) mass is 748 g/mol. The van der Waals surface area contributed by atoms with Crippen LogP contribution in [0.3, 0.4) is 0 Å². The van der Waals surface area contributed by atoms with Gasteiger partial charge in [0.15, 0.2) is 22.9 Å². The van der Waals surface area contributed by atoms with Crippen LogP contribution >= 0.6 is 0 Å². The first-order valence-electron chi connectivity index (χ1n) is 18.0. The number of nitrogens with zero attached hydrogens (tertiary/aromatic N) is 10. The average molecular weight is 749 g/mol. The van der Waals surface area contributed by atoms with E-state index >= 15 is 0 Å². The van der Waals surface area contributed by atoms with E-state index in [0.29, 0.717) is 54.7 Å². The van der Waals surface area contributed by atoms with E-state index in [1.807, 2.05) is 104 Å². The number of amides is 1. The molecule has 6 aromatic heterocycles. The Bertz CT molecular complexity index is 2630. The molecule has 1 fully saturated rings. The van der Waals surface area contributed by atoms with Crippen LogP contribution < -0.4 is 24.0 Å². The number of benzene rings is 2. The third kappa shape index (κ3) is 8.09. The van der Waals surface area contributed by atoms with Gasteiger partial charge in [0, 0.05) is 67.9 Å². The van der Waals surface area contributed by atoms with Gasteiger partial charge in [-0.15, -0.1) is 0 Å². The van der Waals surface area contributed by atoms with Gasteiger partial charge < -0.3 is 24.6 Å². The normalized spacial score (nSPS) is 12.8. The van der Waals surface area contributed by atoms with Crippen molar-refractivity contribution in [1.29, 1.82) is 0 Å². The molecule has 1 amide bonds. The molecular formula is C41H34BLiN10O4. The van der Waals surface area contributed by atoms with Crippen molar-refractivity contribution < 1.29 is 38.6 Å². The number of piperazine rings is 1. The first-order valence-corrected chi connectivity index (χ1v) is 18.0. The summed E-state index contributed by atoms with van der Waals surface area (Å²) < 4.78 is 3.82. The molecule has 0 bridgehead atoms. The van der Waals surface area contributed by atoms with E-state index in [-0.39, 0.29) is 30.3 Å². The molecule has 1 saturated heterocycles. The summed E-state index contributed by atoms with van der Waals surface area (Å²) >= 11 is 0. The number of imidazole rings is 2. The summed E-state index contributed by atoms with van der Waals surface area (Å²) in [7, 11) is -0.488. The van der Waals surface area contributed by atoms with Crippen LogP contribution in [0.4, 0.5) is 0 Å². The second kappa shape index (κ2) is 17.1. The van der Waals surface area contributed by atoms with E-state index in [0.717, 1.165) is 33.7 Å². The fourth-order valence-corrected chi connectivity index (χ4v) is 6.63. The van der Waals surface area contributed by atoms with Crippen LogP contribution in [0.15, 0.2) is 134 Å². The van der Waals surface area contributed by atoms with Gasteiger partial charge in [-0.25, -0.2) is 19.9 Å². The SMILES string of the molecule is CB(O)N1CCN(C(=O)c2ccc(-n3c(-c4ccccn4)nc4cccnc43)cc2)CC1.O=C([O-])c1ccc(-n2c(-c3ccccn3)nc3cccnc32)cc1.[Li+]. The Morgan fingerprint density at radius 3 is 1.47 bits per heavy atom. The fraction of sp³-hybridized carbons (Fsp3) is 0.122. The van der Waals surface area contributed by atoms with E-state index < -0.39 is 13.0 Å². The summed E-state index contributed by atoms with van der Waals surface area (Å²) in [6.07, 6.45) is 6.88. The summed E-state index contributed by atoms with van der Waals surface area (Å²) in [4.78, 5) is 54.9. The van der Waals surface area contributed by atoms with Gasteiger partial charge in [0.25, 0.3) is 5.91 Å². The van der Waals surface area contributed by atoms with Crippen LogP contribution in [-0.2, 0) is 0 Å². The molecule has 0 spiro atoms. The Morgan fingerprint density at radius 1 is 0.596 bits per heavy atom. The summed E-state index contributed by atoms with van der Waals surface area (Å²) in [6, 6.07) is 32.7. The summed E-state index contributed by atoms with van der Waals surface area (Å²) in [5, 5.41) is 20.7. The van der Waals surface area contributed by atoms with Crippen LogP contribution in [0.25, 0.3) is 56.7 Å². The Hall–Kier alpha value is -6.50. The van der Waals surface area contributed by atoms with Gasteiger partial charge in [-0.2, -0.15) is 0 Å². The van der Waals surface area contributed by atoms with Gasteiger partial charge in [-0.3, -0.25) is 23.9 Å². The predicted molar refractivity (Wildman–Crippen MR) is 210 cm³/mol. The number of rotatable bonds is 7. The molecule has 9 rings (SSSR count). The molecule has 0 aliphatic carbocycles. The molecule has 1 N–H and O–H groups in total. The van der Waals surface area contributed by atoms with Crippen LogP contribution in [0.2, 0.25) is 6.82 Å². The standard InChI is InChI=1S/C23H23BN6O2.C18H12N4O2.Li/c1-24(32)29-15-13-28(14-16-29)23(31)17-7-9-18(10-8-17)30-21-20(6-4-12-26-21)27-22(30)19-5-2-3-11-25-19;23-18(24)12-6-8-13(9-7-12)22-16-15(5-3-11-20-16)21-17(22)14-4-1-2-10-19-14;/h2-12,32H,13-16H2,1H3;1-11H,(H,23,24);/q;;+1/p-1. The maximum Gasteiger partial charge on any atom is 1.00 e. The maximum absolute atomic E-state index is 13.0. The van der Waals surface area contributed by atoms with E-state index in [9.17, 15) is 19.7 Å². The molecule has 2 aromatic carbocycles. The van der Waals surface area contributed by atoms with Crippen LogP contribution in [-0.4, -0.2) is 98.9 Å². The van der Waals surface area contributed by atoms with Crippen LogP contribution in [0.5, 0.6) is 0 Å². The number of hydrogen-bond donors (Lipinski definition) is 1. The second-order valence-electron chi connectivity index (χ2n) is 13.0. The minimum Gasteiger partial charge on any atom is -0.545 e. The van der Waals surface area contributed by atoms with Crippen molar-refractivity contribution in [1.82, 2.24) is 48.7 Å². The summed E-state index contributed by atoms with van der Waals surface area (Å²) in [5.74, 6) is 0.138. The maximum atomic E-state index is 13.0. The third-order valence-electron chi connectivity index (χ3n) is 9.48. The Labute approximate surface area is 339 Å². The molecule has 0 unspecified atom stereocenters. The van der Waals surface area contributed by atoms with Crippen molar-refractivity contribution in [2.24, 2.45) is 0 Å². The number of carboxylic acids is 1. The first kappa shape index (κ1) is 38.8. The van der Waals surface area contributed by atoms with Gasteiger partial charge in [-0.1, -0.05) is 24.3 Å². The average Bonchev–Trinajstić information content (AvgIpc) is 3.84. The van der Waals surface area contributed by atoms with Gasteiger partial charge in [-0.05, 0) is 97.3 Å². The van der Waals surface area contributed by atoms with Crippen molar-refractivity contribution in [3.63, 3.8) is 0 Å². The molecule has 0 atom stereocenters. The molecule has 8 aromatic rings. The number of pyridine rings is 4. The number of fused-ring (bicyclic) bond motifs is 2. The molecule has 14 nitrogen and oxygen atoms in total. The Morgan fingerprint density at radius 2 is 1.05 bits per heavy atom. The summed E-state index contributed by atoms with van der Waals surface area (Å²) in [5.41, 5.74) is 6.77. The van der Waals surface area contributed by atoms with E-state index in [1.54, 1.807) is 43.7 Å². The minimum absolute atomic E-state index is 0. The Balaban J connectivity index is 0.000000178. The van der Waals surface area contributed by atoms with Crippen molar-refractivity contribution in [3.05, 3.63) is 145 Å². The largest absolute Gasteiger partial charge is 1.00 e. The minimum atomic E-state index is -1.21. The molecule has 1 aliphatic heterocycles. The van der Waals surface area contributed by atoms with E-state index in [4.69, 9.17) is 4.98 Å². The quantitative estimate of drug-likeness (QED) is 0.233. The zero-order chi connectivity index (χ0) is 38.6. The molecule has 57 heavy (non-hydrogen) atoms. The predicted octanol–water partition coefficient (Wildman–Crippen LogP) is 1.20. The van der Waals surface area contributed by atoms with E-state index in [1.165, 1.54) is 12.1 Å². The number of carbonyl (C=O) groups excluding carboxylic acids is 2. The number of aromatic nitrogens is 8. The number of carbonyl (C=O) groups is 2. The van der Waals surface area contributed by atoms with Crippen molar-refractivity contribution >= 4 is 41.3 Å². The van der Waals surface area contributed by atoms with Gasteiger partial charge in [0.1, 0.15) is 22.4 Å². The van der Waals surface area contributed by atoms with Crippen molar-refractivity contribution in [2.75, 3.05) is 26.2 Å². The van der Waals surface area contributed by atoms with Gasteiger partial charge >= 0.3 is 25.9 Å². The summed E-state index contributed by atoms with van der Waals surface area (Å²) in [6.45, 7) is 4.30. The molecule has 0 radical (unpaired) electrons. The van der Waals surface area contributed by atoms with Crippen LogP contribution in [0.1, 0.15) is 20.7 Å². The first-order chi connectivity index (χ1) is 27.4. The topological polar surface area (TPSA) is 171 Å². The molecule has 7 heterocycles. The second-order valence-corrected chi connectivity index (χ2v) is 13.0. The molecular weight excluding hydrogens is 714 g/mol. The zero-order valence-electron chi connectivity index (χ0n) is 31.3. The van der Waals surface area contributed by atoms with Gasteiger partial charge in [0.05, 0.1) is 5.97 Å². The van der Waals surface area contributed by atoms with E-state index in [2.05, 4.69) is 24.9 Å². The van der Waals surface area contributed by atoms with Crippen molar-refractivity contribution in [3.8, 4) is 34.4 Å². The molecule has 0 saturated carbocycles. The fourth-order valence-electron chi connectivity index (χ4n) is 6.63.